The van der Waals surface area contributed by atoms with Gasteiger partial charge in [-0.25, -0.2) is 4.98 Å². The molecule has 0 aliphatic heterocycles. The first-order valence-corrected chi connectivity index (χ1v) is 9.09. The lowest BCUT2D eigenvalue weighted by atomic mass is 10.1. The fraction of sp³-hybridized carbons (Fsp3) is 0.238. The van der Waals surface area contributed by atoms with Crippen LogP contribution in [0.3, 0.4) is 0 Å². The van der Waals surface area contributed by atoms with Crippen LogP contribution in [0, 0.1) is 20.8 Å². The highest BCUT2D eigenvalue weighted by molar-refractivity contribution is 6.31. The molecule has 0 aliphatic rings. The summed E-state index contributed by atoms with van der Waals surface area (Å²) in [5.41, 5.74) is 5.07. The summed E-state index contributed by atoms with van der Waals surface area (Å²) < 4.78 is 5.41. The van der Waals surface area contributed by atoms with Crippen LogP contribution in [-0.4, -0.2) is 17.1 Å². The van der Waals surface area contributed by atoms with Gasteiger partial charge in [-0.2, -0.15) is 4.98 Å². The van der Waals surface area contributed by atoms with E-state index in [2.05, 4.69) is 39.7 Å². The molecule has 0 bridgehead atoms. The second kappa shape index (κ2) is 8.27. The third-order valence-electron chi connectivity index (χ3n) is 4.30. The third kappa shape index (κ3) is 4.68. The van der Waals surface area contributed by atoms with E-state index in [4.69, 9.17) is 16.3 Å². The number of nitrogens with one attached hydrogen (secondary N) is 2. The number of anilines is 3. The van der Waals surface area contributed by atoms with Gasteiger partial charge in [-0.05, 0) is 43.5 Å². The number of halogens is 1. The highest BCUT2D eigenvalue weighted by Crippen LogP contribution is 2.32. The molecule has 0 fully saturated rings. The Morgan fingerprint density at radius 2 is 1.78 bits per heavy atom. The molecule has 2 N–H and O–H groups in total. The molecule has 0 aliphatic carbocycles. The second-order valence-corrected chi connectivity index (χ2v) is 6.83. The van der Waals surface area contributed by atoms with E-state index in [1.165, 1.54) is 11.1 Å². The molecule has 0 radical (unpaired) electrons. The zero-order chi connectivity index (χ0) is 19.4. The van der Waals surface area contributed by atoms with E-state index in [9.17, 15) is 0 Å². The first-order chi connectivity index (χ1) is 13.0. The zero-order valence-electron chi connectivity index (χ0n) is 15.9. The smallest absolute Gasteiger partial charge is 0.229 e. The van der Waals surface area contributed by atoms with Crippen LogP contribution in [0.5, 0.6) is 5.75 Å². The maximum atomic E-state index is 6.18. The molecule has 27 heavy (non-hydrogen) atoms. The number of benzene rings is 2. The highest BCUT2D eigenvalue weighted by atomic mass is 35.5. The lowest BCUT2D eigenvalue weighted by Crippen LogP contribution is -2.07. The average Bonchev–Trinajstić information content (AvgIpc) is 2.63. The van der Waals surface area contributed by atoms with Gasteiger partial charge < -0.3 is 15.4 Å². The molecule has 0 saturated heterocycles. The predicted octanol–water partition coefficient (Wildman–Crippen LogP) is 5.42. The van der Waals surface area contributed by atoms with Crippen molar-refractivity contribution in [3.05, 3.63) is 69.9 Å². The van der Waals surface area contributed by atoms with Gasteiger partial charge in [-0.3, -0.25) is 0 Å². The quantitative estimate of drug-likeness (QED) is 0.596. The summed E-state index contributed by atoms with van der Waals surface area (Å²) in [5, 5.41) is 7.27. The Morgan fingerprint density at radius 3 is 2.52 bits per heavy atom. The van der Waals surface area contributed by atoms with E-state index >= 15 is 0 Å². The zero-order valence-corrected chi connectivity index (χ0v) is 16.7. The highest BCUT2D eigenvalue weighted by Gasteiger charge is 2.10. The van der Waals surface area contributed by atoms with Crippen molar-refractivity contribution in [1.82, 2.24) is 9.97 Å². The molecule has 3 aromatic rings. The van der Waals surface area contributed by atoms with E-state index < -0.39 is 0 Å². The molecule has 0 spiro atoms. The largest absolute Gasteiger partial charge is 0.495 e. The Balaban J connectivity index is 1.82. The summed E-state index contributed by atoms with van der Waals surface area (Å²) in [4.78, 5) is 9.06. The number of aromatic nitrogens is 2. The molecular formula is C21H23ClN4O. The molecule has 6 heteroatoms. The van der Waals surface area contributed by atoms with Gasteiger partial charge in [0.25, 0.3) is 0 Å². The molecule has 0 unspecified atom stereocenters. The number of hydrogen-bond donors (Lipinski definition) is 2. The Labute approximate surface area is 164 Å². The Hall–Kier alpha value is -2.79. The molecule has 1 heterocycles. The van der Waals surface area contributed by atoms with Crippen LogP contribution in [0.15, 0.2) is 42.5 Å². The van der Waals surface area contributed by atoms with Gasteiger partial charge in [0, 0.05) is 29.4 Å². The standard InChI is InChI=1S/C21H23ClN4O/c1-13-7-5-6-8-16(13)12-23-20-10-15(3)24-21(26-20)25-18-9-14(2)17(22)11-19(18)27-4/h5-11H,12H2,1-4H3,(H2,23,24,25,26). The van der Waals surface area contributed by atoms with Crippen molar-refractivity contribution in [2.24, 2.45) is 0 Å². The van der Waals surface area contributed by atoms with Gasteiger partial charge in [-0.1, -0.05) is 35.9 Å². The van der Waals surface area contributed by atoms with Crippen molar-refractivity contribution in [3.8, 4) is 5.75 Å². The summed E-state index contributed by atoms with van der Waals surface area (Å²) in [7, 11) is 1.61. The molecule has 1 aromatic heterocycles. The second-order valence-electron chi connectivity index (χ2n) is 6.42. The molecule has 0 saturated carbocycles. The van der Waals surface area contributed by atoms with Crippen LogP contribution in [0.4, 0.5) is 17.5 Å². The van der Waals surface area contributed by atoms with Crippen LogP contribution >= 0.6 is 11.6 Å². The lowest BCUT2D eigenvalue weighted by Gasteiger charge is -2.14. The van der Waals surface area contributed by atoms with Crippen LogP contribution < -0.4 is 15.4 Å². The molecule has 5 nitrogen and oxygen atoms in total. The molecule has 2 aromatic carbocycles. The van der Waals surface area contributed by atoms with E-state index in [1.807, 2.05) is 38.1 Å². The number of aryl methyl sites for hydroxylation is 3. The van der Waals surface area contributed by atoms with E-state index in [-0.39, 0.29) is 0 Å². The van der Waals surface area contributed by atoms with Gasteiger partial charge in [0.15, 0.2) is 0 Å². The molecular weight excluding hydrogens is 360 g/mol. The van der Waals surface area contributed by atoms with E-state index in [0.29, 0.717) is 23.3 Å². The SMILES string of the molecule is COc1cc(Cl)c(C)cc1Nc1nc(C)cc(NCc2ccccc2C)n1. The van der Waals surface area contributed by atoms with Crippen LogP contribution in [0.1, 0.15) is 22.4 Å². The van der Waals surface area contributed by atoms with E-state index in [0.717, 1.165) is 22.8 Å². The van der Waals surface area contributed by atoms with Crippen molar-refractivity contribution < 1.29 is 4.74 Å². The summed E-state index contributed by atoms with van der Waals surface area (Å²) >= 11 is 6.18. The fourth-order valence-corrected chi connectivity index (χ4v) is 2.91. The van der Waals surface area contributed by atoms with Crippen molar-refractivity contribution >= 4 is 29.1 Å². The third-order valence-corrected chi connectivity index (χ3v) is 4.71. The maximum Gasteiger partial charge on any atom is 0.229 e. The number of methoxy groups -OCH3 is 1. The lowest BCUT2D eigenvalue weighted by molar-refractivity contribution is 0.416. The molecule has 3 rings (SSSR count). The first-order valence-electron chi connectivity index (χ1n) is 8.71. The van der Waals surface area contributed by atoms with Gasteiger partial charge in [0.2, 0.25) is 5.95 Å². The minimum Gasteiger partial charge on any atom is -0.495 e. The van der Waals surface area contributed by atoms with Crippen molar-refractivity contribution in [3.63, 3.8) is 0 Å². The number of ether oxygens (including phenoxy) is 1. The monoisotopic (exact) mass is 382 g/mol. The van der Waals surface area contributed by atoms with Gasteiger partial charge >= 0.3 is 0 Å². The average molecular weight is 383 g/mol. The van der Waals surface area contributed by atoms with Crippen LogP contribution in [0.25, 0.3) is 0 Å². The maximum absolute atomic E-state index is 6.18. The number of nitrogens with zero attached hydrogens (tertiary/aromatic N) is 2. The Morgan fingerprint density at radius 1 is 1.00 bits per heavy atom. The number of rotatable bonds is 6. The summed E-state index contributed by atoms with van der Waals surface area (Å²) in [6.45, 7) is 6.69. The normalized spacial score (nSPS) is 10.6. The summed E-state index contributed by atoms with van der Waals surface area (Å²) in [6, 6.07) is 13.9. The Kier molecular flexibility index (Phi) is 5.81. The van der Waals surface area contributed by atoms with Crippen molar-refractivity contribution in [2.75, 3.05) is 17.7 Å². The molecule has 0 atom stereocenters. The minimum absolute atomic E-state index is 0.502. The van der Waals surface area contributed by atoms with Crippen molar-refractivity contribution in [2.45, 2.75) is 27.3 Å². The Bertz CT molecular complexity index is 959. The van der Waals surface area contributed by atoms with Gasteiger partial charge in [0.1, 0.15) is 11.6 Å². The summed E-state index contributed by atoms with van der Waals surface area (Å²) in [6.07, 6.45) is 0. The molecule has 140 valence electrons. The van der Waals surface area contributed by atoms with Crippen LogP contribution in [-0.2, 0) is 6.54 Å². The van der Waals surface area contributed by atoms with Crippen LogP contribution in [0.2, 0.25) is 5.02 Å². The van der Waals surface area contributed by atoms with Crippen molar-refractivity contribution in [1.29, 1.82) is 0 Å². The number of hydrogen-bond acceptors (Lipinski definition) is 5. The van der Waals surface area contributed by atoms with E-state index in [1.54, 1.807) is 13.2 Å². The topological polar surface area (TPSA) is 59.1 Å². The van der Waals surface area contributed by atoms with Gasteiger partial charge in [-0.15, -0.1) is 0 Å². The molecule has 0 amide bonds. The first kappa shape index (κ1) is 19.0. The summed E-state index contributed by atoms with van der Waals surface area (Å²) in [5.74, 6) is 1.91. The fourth-order valence-electron chi connectivity index (χ4n) is 2.76. The predicted molar refractivity (Wildman–Crippen MR) is 111 cm³/mol. The van der Waals surface area contributed by atoms with Gasteiger partial charge in [0.05, 0.1) is 12.8 Å². The minimum atomic E-state index is 0.502.